The van der Waals surface area contributed by atoms with Crippen molar-refractivity contribution in [3.63, 3.8) is 0 Å². The molecule has 1 aliphatic heterocycles. The van der Waals surface area contributed by atoms with Gasteiger partial charge in [-0.3, -0.25) is 0 Å². The highest BCUT2D eigenvalue weighted by atomic mass is 15.2. The van der Waals surface area contributed by atoms with Crippen LogP contribution in [-0.4, -0.2) is 4.57 Å². The second kappa shape index (κ2) is 13.5. The first-order valence-corrected chi connectivity index (χ1v) is 20.8. The summed E-state index contributed by atoms with van der Waals surface area (Å²) in [5.41, 5.74) is 18.3. The van der Waals surface area contributed by atoms with Gasteiger partial charge in [0.05, 0.1) is 16.7 Å². The molecule has 58 heavy (non-hydrogen) atoms. The molecule has 9 rings (SSSR count). The van der Waals surface area contributed by atoms with Crippen molar-refractivity contribution in [3.05, 3.63) is 185 Å². The van der Waals surface area contributed by atoms with Gasteiger partial charge in [0.15, 0.2) is 0 Å². The lowest BCUT2D eigenvalue weighted by Gasteiger charge is -2.36. The van der Waals surface area contributed by atoms with Gasteiger partial charge in [-0.15, -0.1) is 0 Å². The Morgan fingerprint density at radius 2 is 0.862 bits per heavy atom. The van der Waals surface area contributed by atoms with Crippen LogP contribution in [0.3, 0.4) is 0 Å². The fraction of sp³-hybridized carbons (Fsp3) is 0.236. The third-order valence-electron chi connectivity index (χ3n) is 12.4. The normalized spacial score (nSPS) is 13.5. The van der Waals surface area contributed by atoms with Crippen LogP contribution in [0.4, 0.5) is 34.1 Å². The smallest absolute Gasteiger partial charge is 0.0583 e. The van der Waals surface area contributed by atoms with E-state index in [4.69, 9.17) is 0 Å². The van der Waals surface area contributed by atoms with Crippen molar-refractivity contribution in [2.45, 2.75) is 85.5 Å². The van der Waals surface area contributed by atoms with Crippen LogP contribution >= 0.6 is 0 Å². The number of para-hydroxylation sites is 1. The predicted molar refractivity (Wildman–Crippen MR) is 249 cm³/mol. The van der Waals surface area contributed by atoms with Crippen LogP contribution < -0.4 is 9.80 Å². The van der Waals surface area contributed by atoms with Crippen LogP contribution in [0.15, 0.2) is 152 Å². The topological polar surface area (TPSA) is 11.4 Å². The largest absolute Gasteiger partial charge is 0.310 e. The molecule has 3 nitrogen and oxygen atoms in total. The lowest BCUT2D eigenvalue weighted by Crippen LogP contribution is -2.26. The Morgan fingerprint density at radius 3 is 1.36 bits per heavy atom. The first kappa shape index (κ1) is 37.5. The number of anilines is 6. The Bertz CT molecular complexity index is 2800. The fourth-order valence-electron chi connectivity index (χ4n) is 8.96. The SMILES string of the molecule is Cc1ccc(N(c2ccc(C(C)(C)C)cc2)c2ccc3c(c2)c2cc(N(c4ccc(C)cc4)c4ccc(C(C)(C)C)cc4)cc4c2n3-c2ccccc2C4(C)C)cc1. The van der Waals surface area contributed by atoms with Crippen molar-refractivity contribution in [1.29, 1.82) is 0 Å². The van der Waals surface area contributed by atoms with Crippen molar-refractivity contribution in [1.82, 2.24) is 4.57 Å². The monoisotopic (exact) mass is 757 g/mol. The fourth-order valence-corrected chi connectivity index (χ4v) is 8.96. The Hall–Kier alpha value is -6.06. The van der Waals surface area contributed by atoms with Gasteiger partial charge in [-0.1, -0.05) is 133 Å². The van der Waals surface area contributed by atoms with Crippen molar-refractivity contribution in [2.75, 3.05) is 9.80 Å². The molecule has 0 saturated carbocycles. The number of benzene rings is 7. The maximum absolute atomic E-state index is 2.52. The van der Waals surface area contributed by atoms with Crippen molar-refractivity contribution in [3.8, 4) is 5.69 Å². The molecule has 0 amide bonds. The molecule has 2 heterocycles. The molecule has 290 valence electrons. The molecule has 7 aromatic carbocycles. The van der Waals surface area contributed by atoms with Gasteiger partial charge in [0.1, 0.15) is 0 Å². The van der Waals surface area contributed by atoms with Crippen LogP contribution in [0.1, 0.15) is 88.8 Å². The van der Waals surface area contributed by atoms with E-state index < -0.39 is 0 Å². The molecule has 0 saturated heterocycles. The summed E-state index contributed by atoms with van der Waals surface area (Å²) in [5.74, 6) is 0. The minimum atomic E-state index is -0.240. The summed E-state index contributed by atoms with van der Waals surface area (Å²) in [6, 6.07) is 57.2. The van der Waals surface area contributed by atoms with E-state index in [1.807, 2.05) is 0 Å². The number of aryl methyl sites for hydroxylation is 2. The first-order chi connectivity index (χ1) is 27.6. The van der Waals surface area contributed by atoms with E-state index in [2.05, 4.69) is 235 Å². The average Bonchev–Trinajstić information content (AvgIpc) is 3.52. The number of aromatic nitrogens is 1. The summed E-state index contributed by atoms with van der Waals surface area (Å²) in [6.45, 7) is 22.8. The molecule has 0 bridgehead atoms. The molecule has 0 radical (unpaired) electrons. The van der Waals surface area contributed by atoms with Gasteiger partial charge in [-0.05, 0) is 132 Å². The standard InChI is InChI=1S/C55H55N3/c1-36-15-23-40(24-16-36)56(42-27-19-38(20-28-42)53(3,4)5)44-31-32-50-46(33-44)47-34-45(35-49-52(47)58(50)51-14-12-11-13-48(51)55(49,9)10)57(41-25-17-37(2)18-26-41)43-29-21-39(22-30-43)54(6,7)8/h11-35H,1-10H3. The maximum Gasteiger partial charge on any atom is 0.0583 e. The average molecular weight is 758 g/mol. The molecule has 0 atom stereocenters. The van der Waals surface area contributed by atoms with E-state index in [-0.39, 0.29) is 16.2 Å². The highest BCUT2D eigenvalue weighted by Crippen LogP contribution is 2.51. The van der Waals surface area contributed by atoms with Gasteiger partial charge in [0.2, 0.25) is 0 Å². The Balaban J connectivity index is 1.33. The molecule has 0 N–H and O–H groups in total. The Labute approximate surface area is 345 Å². The van der Waals surface area contributed by atoms with E-state index in [1.165, 1.54) is 60.9 Å². The number of hydrogen-bond donors (Lipinski definition) is 0. The van der Waals surface area contributed by atoms with Gasteiger partial charge < -0.3 is 14.4 Å². The van der Waals surface area contributed by atoms with E-state index >= 15 is 0 Å². The minimum Gasteiger partial charge on any atom is -0.310 e. The molecule has 0 unspecified atom stereocenters. The predicted octanol–water partition coefficient (Wildman–Crippen LogP) is 15.6. The zero-order chi connectivity index (χ0) is 40.7. The maximum atomic E-state index is 2.52. The second-order valence-electron chi connectivity index (χ2n) is 19.0. The highest BCUT2D eigenvalue weighted by molar-refractivity contribution is 6.14. The van der Waals surface area contributed by atoms with E-state index in [1.54, 1.807) is 0 Å². The summed E-state index contributed by atoms with van der Waals surface area (Å²) in [7, 11) is 0. The van der Waals surface area contributed by atoms with E-state index in [0.29, 0.717) is 0 Å². The number of rotatable bonds is 6. The van der Waals surface area contributed by atoms with Gasteiger partial charge >= 0.3 is 0 Å². The molecule has 0 fully saturated rings. The molecule has 0 aliphatic carbocycles. The highest BCUT2D eigenvalue weighted by Gasteiger charge is 2.36. The second-order valence-corrected chi connectivity index (χ2v) is 19.0. The third-order valence-corrected chi connectivity index (χ3v) is 12.4. The summed E-state index contributed by atoms with van der Waals surface area (Å²) in [4.78, 5) is 4.85. The molecule has 8 aromatic rings. The Kier molecular flexibility index (Phi) is 8.74. The number of fused-ring (bicyclic) bond motifs is 5. The zero-order valence-electron chi connectivity index (χ0n) is 35.8. The molecule has 1 aromatic heterocycles. The molecule has 1 aliphatic rings. The van der Waals surface area contributed by atoms with Crippen LogP contribution in [0.5, 0.6) is 0 Å². The van der Waals surface area contributed by atoms with E-state index in [9.17, 15) is 0 Å². The van der Waals surface area contributed by atoms with Crippen LogP contribution in [0, 0.1) is 13.8 Å². The van der Waals surface area contributed by atoms with Crippen molar-refractivity contribution >= 4 is 55.9 Å². The summed E-state index contributed by atoms with van der Waals surface area (Å²) < 4.78 is 2.52. The zero-order valence-corrected chi connectivity index (χ0v) is 35.8. The van der Waals surface area contributed by atoms with Crippen molar-refractivity contribution < 1.29 is 0 Å². The molecular formula is C55H55N3. The summed E-state index contributed by atoms with van der Waals surface area (Å²) in [6.07, 6.45) is 0. The van der Waals surface area contributed by atoms with Gasteiger partial charge in [0, 0.05) is 50.3 Å². The summed E-state index contributed by atoms with van der Waals surface area (Å²) in [5, 5.41) is 2.49. The Morgan fingerprint density at radius 1 is 0.431 bits per heavy atom. The molecule has 0 spiro atoms. The third kappa shape index (κ3) is 6.29. The lowest BCUT2D eigenvalue weighted by atomic mass is 9.74. The van der Waals surface area contributed by atoms with Crippen molar-refractivity contribution in [2.24, 2.45) is 0 Å². The van der Waals surface area contributed by atoms with Crippen LogP contribution in [0.2, 0.25) is 0 Å². The van der Waals surface area contributed by atoms with Crippen LogP contribution in [-0.2, 0) is 16.2 Å². The van der Waals surface area contributed by atoms with Gasteiger partial charge in [-0.2, -0.15) is 0 Å². The minimum absolute atomic E-state index is 0.0638. The number of nitrogens with zero attached hydrogens (tertiary/aromatic N) is 3. The summed E-state index contributed by atoms with van der Waals surface area (Å²) >= 11 is 0. The lowest BCUT2D eigenvalue weighted by molar-refractivity contribution is 0.590. The quantitative estimate of drug-likeness (QED) is 0.167. The number of hydrogen-bond acceptors (Lipinski definition) is 2. The van der Waals surface area contributed by atoms with Crippen LogP contribution in [0.25, 0.3) is 27.5 Å². The molecule has 3 heteroatoms. The van der Waals surface area contributed by atoms with Gasteiger partial charge in [-0.25, -0.2) is 0 Å². The van der Waals surface area contributed by atoms with Gasteiger partial charge in [0.25, 0.3) is 0 Å². The van der Waals surface area contributed by atoms with E-state index in [0.717, 1.165) is 34.1 Å². The first-order valence-electron chi connectivity index (χ1n) is 20.8. The molecular weight excluding hydrogens is 703 g/mol.